The maximum absolute atomic E-state index is 16.8. The minimum Gasteiger partial charge on any atom is -0.392 e. The van der Waals surface area contributed by atoms with Gasteiger partial charge in [-0.1, -0.05) is 32.4 Å². The van der Waals surface area contributed by atoms with Gasteiger partial charge in [0.25, 0.3) is 0 Å². The van der Waals surface area contributed by atoms with E-state index in [0.717, 1.165) is 6.42 Å². The molecule has 5 heteroatoms. The second-order valence-electron chi connectivity index (χ2n) is 9.45. The third-order valence-electron chi connectivity index (χ3n) is 8.41. The maximum Gasteiger partial charge on any atom is 0.174 e. The van der Waals surface area contributed by atoms with Crippen LogP contribution in [0.4, 0.5) is 4.39 Å². The molecule has 3 saturated carbocycles. The highest BCUT2D eigenvalue weighted by atomic mass is 35.5. The minimum atomic E-state index is -1.78. The van der Waals surface area contributed by atoms with E-state index >= 15 is 4.39 Å². The Bertz CT molecular complexity index is 663. The number of hydrogen-bond donors (Lipinski definition) is 2. The Morgan fingerprint density at radius 1 is 1.20 bits per heavy atom. The van der Waals surface area contributed by atoms with Gasteiger partial charge in [0, 0.05) is 17.8 Å². The molecule has 4 aliphatic rings. The molecule has 0 amide bonds. The molecule has 0 aromatic rings. The lowest BCUT2D eigenvalue weighted by molar-refractivity contribution is -0.213. The van der Waals surface area contributed by atoms with Crippen molar-refractivity contribution in [2.45, 2.75) is 77.2 Å². The number of Topliss-reactive ketones (excluding diaryl/α,β-unsaturated/α-hetero) is 1. The van der Waals surface area contributed by atoms with E-state index < -0.39 is 28.7 Å². The molecule has 0 spiro atoms. The predicted octanol–water partition coefficient (Wildman–Crippen LogP) is 3.75. The monoisotopic (exact) mass is 370 g/mol. The van der Waals surface area contributed by atoms with E-state index in [0.29, 0.717) is 24.8 Å². The standard InChI is InChI=1S/C20H28ClFO3/c1-10-8-13-11-4-5-12-16(21)14(23)6-7-19(12,3)20(11,22)15(24)9-18(13,2)17(10)25/h10-11,13,15,17,24-25H,4-9H2,1-3H3/t10-,11+,13+,15+,17-,18+,19+,20+/m1/s1. The van der Waals surface area contributed by atoms with Crippen LogP contribution in [0.25, 0.3) is 0 Å². The summed E-state index contributed by atoms with van der Waals surface area (Å²) in [5.41, 5.74) is -2.41. The number of aliphatic hydroxyl groups is 2. The van der Waals surface area contributed by atoms with Gasteiger partial charge in [-0.2, -0.15) is 0 Å². The van der Waals surface area contributed by atoms with Gasteiger partial charge in [-0.15, -0.1) is 0 Å². The lowest BCUT2D eigenvalue weighted by Gasteiger charge is -2.62. The largest absolute Gasteiger partial charge is 0.392 e. The minimum absolute atomic E-state index is 0.0562. The van der Waals surface area contributed by atoms with E-state index in [1.807, 2.05) is 20.8 Å². The van der Waals surface area contributed by atoms with Gasteiger partial charge in [0.2, 0.25) is 0 Å². The third-order valence-corrected chi connectivity index (χ3v) is 8.85. The van der Waals surface area contributed by atoms with Gasteiger partial charge >= 0.3 is 0 Å². The number of aliphatic hydroxyl groups excluding tert-OH is 2. The van der Waals surface area contributed by atoms with Crippen molar-refractivity contribution in [3.05, 3.63) is 10.6 Å². The van der Waals surface area contributed by atoms with E-state index in [2.05, 4.69) is 0 Å². The summed E-state index contributed by atoms with van der Waals surface area (Å²) in [6.45, 7) is 5.89. The SMILES string of the molecule is C[C@@H]1C[C@H]2[C@@H]3CCC4=C(Cl)C(=O)CC[C@]4(C)[C@@]3(F)[C@@H](O)C[C@]2(C)[C@@H]1O. The fourth-order valence-electron chi connectivity index (χ4n) is 7.00. The molecule has 0 radical (unpaired) electrons. The zero-order valence-electron chi connectivity index (χ0n) is 15.2. The van der Waals surface area contributed by atoms with Crippen LogP contribution < -0.4 is 0 Å². The highest BCUT2D eigenvalue weighted by Gasteiger charge is 2.71. The zero-order chi connectivity index (χ0) is 18.4. The van der Waals surface area contributed by atoms with Crippen LogP contribution in [0.3, 0.4) is 0 Å². The molecule has 3 nitrogen and oxygen atoms in total. The van der Waals surface area contributed by atoms with Crippen LogP contribution in [0, 0.1) is 28.6 Å². The fraction of sp³-hybridized carbons (Fsp3) is 0.850. The second kappa shape index (κ2) is 5.30. The highest BCUT2D eigenvalue weighted by molar-refractivity contribution is 6.43. The lowest BCUT2D eigenvalue weighted by atomic mass is 9.45. The van der Waals surface area contributed by atoms with Crippen LogP contribution in [-0.4, -0.2) is 33.9 Å². The quantitative estimate of drug-likeness (QED) is 0.682. The first-order valence-corrected chi connectivity index (χ1v) is 9.92. The molecule has 4 aliphatic carbocycles. The summed E-state index contributed by atoms with van der Waals surface area (Å²) < 4.78 is 16.8. The van der Waals surface area contributed by atoms with Crippen molar-refractivity contribution < 1.29 is 19.4 Å². The summed E-state index contributed by atoms with van der Waals surface area (Å²) in [5.74, 6) is -0.227. The van der Waals surface area contributed by atoms with Gasteiger partial charge in [0.15, 0.2) is 5.78 Å². The first-order chi connectivity index (χ1) is 11.6. The Labute approximate surface area is 153 Å². The van der Waals surface area contributed by atoms with Crippen LogP contribution in [-0.2, 0) is 4.79 Å². The van der Waals surface area contributed by atoms with Crippen molar-refractivity contribution in [3.63, 3.8) is 0 Å². The molecule has 0 aliphatic heterocycles. The average molecular weight is 371 g/mol. The number of rotatable bonds is 0. The average Bonchev–Trinajstić information content (AvgIpc) is 2.77. The summed E-state index contributed by atoms with van der Waals surface area (Å²) in [4.78, 5) is 12.0. The van der Waals surface area contributed by atoms with Gasteiger partial charge < -0.3 is 10.2 Å². The van der Waals surface area contributed by atoms with Gasteiger partial charge in [0.1, 0.15) is 5.67 Å². The van der Waals surface area contributed by atoms with Crippen LogP contribution >= 0.6 is 11.6 Å². The number of halogens is 2. The highest BCUT2D eigenvalue weighted by Crippen LogP contribution is 2.69. The van der Waals surface area contributed by atoms with Crippen molar-refractivity contribution >= 4 is 17.4 Å². The molecule has 0 unspecified atom stereocenters. The molecule has 8 atom stereocenters. The van der Waals surface area contributed by atoms with E-state index in [9.17, 15) is 15.0 Å². The molecular weight excluding hydrogens is 343 g/mol. The molecule has 0 heterocycles. The predicted molar refractivity (Wildman–Crippen MR) is 93.8 cm³/mol. The summed E-state index contributed by atoms with van der Waals surface area (Å²) >= 11 is 6.30. The Kier molecular flexibility index (Phi) is 3.80. The normalized spacial score (nSPS) is 55.6. The zero-order valence-corrected chi connectivity index (χ0v) is 15.9. The maximum atomic E-state index is 16.8. The summed E-state index contributed by atoms with van der Waals surface area (Å²) in [6.07, 6.45) is 1.26. The number of fused-ring (bicyclic) bond motifs is 5. The first-order valence-electron chi connectivity index (χ1n) is 9.54. The van der Waals surface area contributed by atoms with Gasteiger partial charge in [-0.25, -0.2) is 4.39 Å². The van der Waals surface area contributed by atoms with Gasteiger partial charge in [-0.05, 0) is 54.9 Å². The van der Waals surface area contributed by atoms with E-state index in [-0.39, 0.29) is 41.4 Å². The number of hydrogen-bond acceptors (Lipinski definition) is 3. The first kappa shape index (κ1) is 17.9. The van der Waals surface area contributed by atoms with E-state index in [1.165, 1.54) is 0 Å². The van der Waals surface area contributed by atoms with Crippen LogP contribution in [0.1, 0.15) is 59.3 Å². The molecule has 0 aromatic carbocycles. The van der Waals surface area contributed by atoms with Gasteiger partial charge in [-0.3, -0.25) is 4.79 Å². The molecule has 140 valence electrons. The molecule has 3 fully saturated rings. The molecular formula is C20H28ClFO3. The number of alkyl halides is 1. The number of carbonyl (C=O) groups is 1. The van der Waals surface area contributed by atoms with Crippen LogP contribution in [0.15, 0.2) is 10.6 Å². The molecule has 4 rings (SSSR count). The Morgan fingerprint density at radius 2 is 1.88 bits per heavy atom. The van der Waals surface area contributed by atoms with Crippen molar-refractivity contribution in [1.29, 1.82) is 0 Å². The summed E-state index contributed by atoms with van der Waals surface area (Å²) in [6, 6.07) is 0. The topological polar surface area (TPSA) is 57.5 Å². The Balaban J connectivity index is 1.84. The fourth-order valence-corrected chi connectivity index (χ4v) is 7.40. The Morgan fingerprint density at radius 3 is 2.56 bits per heavy atom. The number of carbonyl (C=O) groups excluding carboxylic acids is 1. The van der Waals surface area contributed by atoms with Gasteiger partial charge in [0.05, 0.1) is 17.2 Å². The molecule has 2 N–H and O–H groups in total. The molecule has 0 bridgehead atoms. The number of allylic oxidation sites excluding steroid dienone is 1. The molecule has 0 saturated heterocycles. The van der Waals surface area contributed by atoms with Crippen LogP contribution in [0.5, 0.6) is 0 Å². The lowest BCUT2D eigenvalue weighted by Crippen LogP contribution is -2.67. The van der Waals surface area contributed by atoms with Crippen LogP contribution in [0.2, 0.25) is 0 Å². The summed E-state index contributed by atoms with van der Waals surface area (Å²) in [5, 5.41) is 21.9. The van der Waals surface area contributed by atoms with Crippen molar-refractivity contribution in [1.82, 2.24) is 0 Å². The van der Waals surface area contributed by atoms with Crippen molar-refractivity contribution in [2.24, 2.45) is 28.6 Å². The van der Waals surface area contributed by atoms with E-state index in [4.69, 9.17) is 11.6 Å². The van der Waals surface area contributed by atoms with E-state index in [1.54, 1.807) is 0 Å². The Hall–Kier alpha value is -0.450. The molecule has 25 heavy (non-hydrogen) atoms. The second-order valence-corrected chi connectivity index (χ2v) is 9.83. The third kappa shape index (κ3) is 1.97. The molecule has 0 aromatic heterocycles. The van der Waals surface area contributed by atoms with Crippen molar-refractivity contribution in [3.8, 4) is 0 Å². The van der Waals surface area contributed by atoms with Crippen molar-refractivity contribution in [2.75, 3.05) is 0 Å². The smallest absolute Gasteiger partial charge is 0.174 e. The number of ketones is 1. The summed E-state index contributed by atoms with van der Waals surface area (Å²) in [7, 11) is 0.